The van der Waals surface area contributed by atoms with Crippen molar-refractivity contribution < 1.29 is 13.5 Å². The highest BCUT2D eigenvalue weighted by molar-refractivity contribution is 5.46. The topological polar surface area (TPSA) is 53.2 Å². The fourth-order valence-electron chi connectivity index (χ4n) is 2.59. The van der Waals surface area contributed by atoms with Crippen LogP contribution in [-0.2, 0) is 6.54 Å². The standard InChI is InChI=1S/C19H16F2N2O3/c1-2-26-17-6-4-3-5-16(17)23-10-9-22(18(24)19(23)25)12-13-7-8-14(20)15(21)11-13/h3-11H,2,12H2,1H3. The number of aromatic nitrogens is 2. The van der Waals surface area contributed by atoms with Gasteiger partial charge in [-0.3, -0.25) is 14.2 Å². The smallest absolute Gasteiger partial charge is 0.321 e. The van der Waals surface area contributed by atoms with E-state index in [0.29, 0.717) is 23.6 Å². The molecule has 3 rings (SSSR count). The number of nitrogens with zero attached hydrogens (tertiary/aromatic N) is 2. The normalized spacial score (nSPS) is 10.7. The molecule has 5 nitrogen and oxygen atoms in total. The molecule has 0 spiro atoms. The van der Waals surface area contributed by atoms with Gasteiger partial charge in [-0.25, -0.2) is 8.78 Å². The van der Waals surface area contributed by atoms with Gasteiger partial charge in [0.15, 0.2) is 11.6 Å². The Morgan fingerprint density at radius 2 is 1.73 bits per heavy atom. The monoisotopic (exact) mass is 358 g/mol. The molecule has 0 saturated carbocycles. The van der Waals surface area contributed by atoms with Crippen molar-refractivity contribution in [3.05, 3.63) is 92.8 Å². The Balaban J connectivity index is 2.01. The van der Waals surface area contributed by atoms with Crippen LogP contribution in [0, 0.1) is 11.6 Å². The van der Waals surface area contributed by atoms with Gasteiger partial charge in [-0.05, 0) is 36.8 Å². The predicted molar refractivity (Wildman–Crippen MR) is 92.9 cm³/mol. The number of hydrogen-bond donors (Lipinski definition) is 0. The van der Waals surface area contributed by atoms with Gasteiger partial charge in [0.05, 0.1) is 18.8 Å². The minimum atomic E-state index is -1.01. The molecular formula is C19H16F2N2O3. The maximum absolute atomic E-state index is 13.3. The number of hydrogen-bond acceptors (Lipinski definition) is 3. The molecule has 0 aliphatic heterocycles. The lowest BCUT2D eigenvalue weighted by atomic mass is 10.2. The molecule has 0 radical (unpaired) electrons. The molecule has 2 aromatic carbocycles. The van der Waals surface area contributed by atoms with Gasteiger partial charge in [0.1, 0.15) is 5.75 Å². The SMILES string of the molecule is CCOc1ccccc1-n1ccn(Cc2ccc(F)c(F)c2)c(=O)c1=O. The van der Waals surface area contributed by atoms with Crippen molar-refractivity contribution in [1.29, 1.82) is 0 Å². The second-order valence-corrected chi connectivity index (χ2v) is 5.56. The molecule has 26 heavy (non-hydrogen) atoms. The molecule has 1 heterocycles. The lowest BCUT2D eigenvalue weighted by Gasteiger charge is -2.13. The fourth-order valence-corrected chi connectivity index (χ4v) is 2.59. The van der Waals surface area contributed by atoms with Crippen LogP contribution in [-0.4, -0.2) is 15.7 Å². The van der Waals surface area contributed by atoms with Crippen molar-refractivity contribution in [2.45, 2.75) is 13.5 Å². The summed E-state index contributed by atoms with van der Waals surface area (Å²) in [4.78, 5) is 24.9. The van der Waals surface area contributed by atoms with E-state index in [1.807, 2.05) is 6.92 Å². The van der Waals surface area contributed by atoms with E-state index in [9.17, 15) is 18.4 Å². The zero-order valence-corrected chi connectivity index (χ0v) is 14.0. The van der Waals surface area contributed by atoms with Crippen molar-refractivity contribution >= 4 is 0 Å². The summed E-state index contributed by atoms with van der Waals surface area (Å²) < 4.78 is 34.2. The molecule has 1 aromatic heterocycles. The molecule has 3 aromatic rings. The average molecular weight is 358 g/mol. The third-order valence-corrected chi connectivity index (χ3v) is 3.82. The second kappa shape index (κ2) is 7.35. The third-order valence-electron chi connectivity index (χ3n) is 3.82. The number of rotatable bonds is 5. The van der Waals surface area contributed by atoms with Gasteiger partial charge >= 0.3 is 11.1 Å². The van der Waals surface area contributed by atoms with Gasteiger partial charge < -0.3 is 9.30 Å². The summed E-state index contributed by atoms with van der Waals surface area (Å²) >= 11 is 0. The van der Waals surface area contributed by atoms with E-state index in [4.69, 9.17) is 4.74 Å². The lowest BCUT2D eigenvalue weighted by molar-refractivity contribution is 0.339. The molecule has 0 aliphatic rings. The van der Waals surface area contributed by atoms with Crippen LogP contribution < -0.4 is 15.9 Å². The Bertz CT molecular complexity index is 1060. The maximum Gasteiger partial charge on any atom is 0.321 e. The van der Waals surface area contributed by atoms with Crippen molar-refractivity contribution in [3.63, 3.8) is 0 Å². The molecule has 0 amide bonds. The Hall–Kier alpha value is -3.22. The Kier molecular flexibility index (Phi) is 4.97. The second-order valence-electron chi connectivity index (χ2n) is 5.56. The van der Waals surface area contributed by atoms with E-state index < -0.39 is 22.8 Å². The van der Waals surface area contributed by atoms with Crippen LogP contribution in [0.5, 0.6) is 5.75 Å². The number of ether oxygens (including phenoxy) is 1. The van der Waals surface area contributed by atoms with E-state index in [1.54, 1.807) is 24.3 Å². The van der Waals surface area contributed by atoms with Crippen LogP contribution in [0.25, 0.3) is 5.69 Å². The van der Waals surface area contributed by atoms with Crippen molar-refractivity contribution in [2.75, 3.05) is 6.61 Å². The molecule has 0 bridgehead atoms. The van der Waals surface area contributed by atoms with Crippen molar-refractivity contribution in [3.8, 4) is 11.4 Å². The average Bonchev–Trinajstić information content (AvgIpc) is 2.63. The molecule has 0 atom stereocenters. The van der Waals surface area contributed by atoms with Crippen molar-refractivity contribution in [2.24, 2.45) is 0 Å². The molecule has 0 unspecified atom stereocenters. The summed E-state index contributed by atoms with van der Waals surface area (Å²) in [5.74, 6) is -1.49. The van der Waals surface area contributed by atoms with Crippen LogP contribution in [0.4, 0.5) is 8.78 Å². The third kappa shape index (κ3) is 3.42. The van der Waals surface area contributed by atoms with Gasteiger partial charge in [0.25, 0.3) is 0 Å². The van der Waals surface area contributed by atoms with Crippen molar-refractivity contribution in [1.82, 2.24) is 9.13 Å². The maximum atomic E-state index is 13.3. The van der Waals surface area contributed by atoms with Crippen LogP contribution in [0.1, 0.15) is 12.5 Å². The summed E-state index contributed by atoms with van der Waals surface area (Å²) in [6, 6.07) is 10.2. The number of halogens is 2. The van der Waals surface area contributed by atoms with Crippen LogP contribution >= 0.6 is 0 Å². The molecule has 0 saturated heterocycles. The van der Waals surface area contributed by atoms with Gasteiger partial charge in [-0.15, -0.1) is 0 Å². The molecule has 0 fully saturated rings. The molecule has 134 valence electrons. The summed E-state index contributed by atoms with van der Waals surface area (Å²) in [5.41, 5.74) is -0.708. The summed E-state index contributed by atoms with van der Waals surface area (Å²) in [5, 5.41) is 0. The first-order valence-electron chi connectivity index (χ1n) is 7.99. The van der Waals surface area contributed by atoms with Crippen LogP contribution in [0.15, 0.2) is 64.4 Å². The highest BCUT2D eigenvalue weighted by Crippen LogP contribution is 2.20. The van der Waals surface area contributed by atoms with Gasteiger partial charge in [0, 0.05) is 12.4 Å². The van der Waals surface area contributed by atoms with Crippen LogP contribution in [0.2, 0.25) is 0 Å². The minimum absolute atomic E-state index is 0.0424. The lowest BCUT2D eigenvalue weighted by Crippen LogP contribution is -2.40. The van der Waals surface area contributed by atoms with E-state index in [0.717, 1.165) is 16.7 Å². The first-order valence-corrected chi connectivity index (χ1v) is 7.99. The van der Waals surface area contributed by atoms with Gasteiger partial charge in [-0.1, -0.05) is 18.2 Å². The first-order chi connectivity index (χ1) is 12.5. The van der Waals surface area contributed by atoms with E-state index >= 15 is 0 Å². The molecule has 0 aliphatic carbocycles. The van der Waals surface area contributed by atoms with Gasteiger partial charge in [0.2, 0.25) is 0 Å². The highest BCUT2D eigenvalue weighted by Gasteiger charge is 2.11. The highest BCUT2D eigenvalue weighted by atomic mass is 19.2. The Morgan fingerprint density at radius 3 is 2.46 bits per heavy atom. The largest absolute Gasteiger partial charge is 0.492 e. The molecular weight excluding hydrogens is 342 g/mol. The fraction of sp³-hybridized carbons (Fsp3) is 0.158. The Morgan fingerprint density at radius 1 is 0.962 bits per heavy atom. The first kappa shape index (κ1) is 17.6. The summed E-state index contributed by atoms with van der Waals surface area (Å²) in [6.07, 6.45) is 2.87. The zero-order valence-electron chi connectivity index (χ0n) is 14.0. The molecule has 7 heteroatoms. The summed E-state index contributed by atoms with van der Waals surface area (Å²) in [7, 11) is 0. The van der Waals surface area contributed by atoms with E-state index in [2.05, 4.69) is 0 Å². The zero-order chi connectivity index (χ0) is 18.7. The summed E-state index contributed by atoms with van der Waals surface area (Å²) in [6.45, 7) is 2.19. The number of benzene rings is 2. The quantitative estimate of drug-likeness (QED) is 0.659. The number of para-hydroxylation sites is 2. The predicted octanol–water partition coefficient (Wildman–Crippen LogP) is 2.72. The Labute approximate surface area is 147 Å². The van der Waals surface area contributed by atoms with Crippen LogP contribution in [0.3, 0.4) is 0 Å². The molecule has 0 N–H and O–H groups in total. The minimum Gasteiger partial charge on any atom is -0.492 e. The van der Waals surface area contributed by atoms with Gasteiger partial charge in [-0.2, -0.15) is 0 Å². The van der Waals surface area contributed by atoms with E-state index in [1.165, 1.54) is 23.0 Å². The van der Waals surface area contributed by atoms with E-state index in [-0.39, 0.29) is 6.54 Å².